The Bertz CT molecular complexity index is 1130. The summed E-state index contributed by atoms with van der Waals surface area (Å²) in [6, 6.07) is 6.05. The lowest BCUT2D eigenvalue weighted by atomic mass is 10.3. The molecule has 56 heavy (non-hydrogen) atoms. The second kappa shape index (κ2) is 22.7. The van der Waals surface area contributed by atoms with Gasteiger partial charge in [0.05, 0.1) is 0 Å². The zero-order valence-electron chi connectivity index (χ0n) is 40.2. The van der Waals surface area contributed by atoms with E-state index in [9.17, 15) is 4.79 Å². The van der Waals surface area contributed by atoms with Crippen molar-refractivity contribution >= 4 is 110 Å². The van der Waals surface area contributed by atoms with Gasteiger partial charge in [0.1, 0.15) is 0 Å². The highest BCUT2D eigenvalue weighted by molar-refractivity contribution is 6.93. The molecular formula is C34H87NO9Si12. The summed E-state index contributed by atoms with van der Waals surface area (Å²) in [6.07, 6.45) is 0.695. The van der Waals surface area contributed by atoms with Crippen LogP contribution >= 0.6 is 0 Å². The second-order valence-electron chi connectivity index (χ2n) is 22.0. The van der Waals surface area contributed by atoms with Crippen molar-refractivity contribution in [2.75, 3.05) is 6.54 Å². The molecule has 0 bridgehead atoms. The van der Waals surface area contributed by atoms with Crippen LogP contribution in [0.3, 0.4) is 0 Å². The number of hydrogen-bond acceptors (Lipinski definition) is 9. The Morgan fingerprint density at radius 3 is 1.09 bits per heavy atom. The SMILES string of the molecule is C=C(C)C(=O)NCCC[Si](O[Si](C)(C)CC[Si]O[Si](C)(C)C)(O[Si](C)(C)CC[Si]O[Si](C)(C)C)O[Si](C)(C)CC[Si](O[Si](C)(C)C)(O[Si](C)(C)C)O[Si](C)(C)C. The van der Waals surface area contributed by atoms with Crippen molar-refractivity contribution in [3.63, 3.8) is 0 Å². The molecule has 0 aliphatic carbocycles. The fraction of sp³-hybridized carbons (Fsp3) is 0.912. The smallest absolute Gasteiger partial charge is 0.456 e. The molecule has 1 amide bonds. The fourth-order valence-corrected chi connectivity index (χ4v) is 48.0. The van der Waals surface area contributed by atoms with Crippen LogP contribution in [-0.4, -0.2) is 116 Å². The molecule has 0 rings (SSSR count). The molecule has 0 aliphatic heterocycles. The first kappa shape index (κ1) is 57.5. The first-order chi connectivity index (χ1) is 24.7. The average molecular weight is 991 g/mol. The lowest BCUT2D eigenvalue weighted by molar-refractivity contribution is -0.117. The maximum atomic E-state index is 12.6. The van der Waals surface area contributed by atoms with Gasteiger partial charge in [0.25, 0.3) is 0 Å². The van der Waals surface area contributed by atoms with Crippen LogP contribution in [0.25, 0.3) is 0 Å². The van der Waals surface area contributed by atoms with Crippen LogP contribution in [0.2, 0.25) is 180 Å². The molecule has 0 aromatic rings. The summed E-state index contributed by atoms with van der Waals surface area (Å²) in [5, 5.41) is 3.06. The standard InChI is InChI=1S/C34H87NO9Si12/c1-33(2)34(36)35-25-24-28-55(42-52(18,19)29-26-45-37-47(3,4)5,43-53(20,21)30-27-46-38-48(6,7)8)44-54(22,23)31-32-56(39-49(9,10)11,40-50(12,13)14)41-51(15,16)17/h1,24-32H2,2-23H3,(H,35,36). The number of rotatable bonds is 30. The van der Waals surface area contributed by atoms with Gasteiger partial charge in [0.2, 0.25) is 25.4 Å². The predicted octanol–water partition coefficient (Wildman–Crippen LogP) is 10.9. The number of carbonyl (C=O) groups excluding carboxylic acids is 1. The van der Waals surface area contributed by atoms with Crippen molar-refractivity contribution < 1.29 is 37.7 Å². The van der Waals surface area contributed by atoms with Gasteiger partial charge in [-0.1, -0.05) is 6.58 Å². The number of amides is 1. The Morgan fingerprint density at radius 1 is 0.464 bits per heavy atom. The predicted molar refractivity (Wildman–Crippen MR) is 267 cm³/mol. The molecule has 4 radical (unpaired) electrons. The minimum Gasteiger partial charge on any atom is -0.456 e. The highest BCUT2D eigenvalue weighted by Gasteiger charge is 2.55. The Balaban J connectivity index is 7.10. The van der Waals surface area contributed by atoms with E-state index in [1.54, 1.807) is 6.92 Å². The summed E-state index contributed by atoms with van der Waals surface area (Å²) in [6.45, 7) is 53.6. The Labute approximate surface area is 362 Å². The third-order valence-corrected chi connectivity index (χ3v) is 43.6. The monoisotopic (exact) mass is 989 g/mol. The van der Waals surface area contributed by atoms with Crippen LogP contribution < -0.4 is 5.32 Å². The van der Waals surface area contributed by atoms with E-state index in [4.69, 9.17) is 32.9 Å². The third kappa shape index (κ3) is 29.7. The van der Waals surface area contributed by atoms with E-state index in [-0.39, 0.29) is 5.91 Å². The highest BCUT2D eigenvalue weighted by Crippen LogP contribution is 2.37. The average Bonchev–Trinajstić information content (AvgIpc) is 2.90. The Hall–Kier alpha value is 1.49. The van der Waals surface area contributed by atoms with E-state index in [1.165, 1.54) is 0 Å². The third-order valence-electron chi connectivity index (χ3n) is 7.46. The van der Waals surface area contributed by atoms with Crippen LogP contribution in [-0.2, 0) is 37.7 Å². The number of nitrogens with one attached hydrogen (secondary N) is 1. The van der Waals surface area contributed by atoms with E-state index >= 15 is 0 Å². The molecule has 1 N–H and O–H groups in total. The van der Waals surface area contributed by atoms with Gasteiger partial charge in [-0.15, -0.1) is 0 Å². The van der Waals surface area contributed by atoms with Gasteiger partial charge in [-0.05, 0) is 181 Å². The molecular weight excluding hydrogens is 903 g/mol. The molecule has 0 heterocycles. The molecule has 22 heteroatoms. The lowest BCUT2D eigenvalue weighted by Gasteiger charge is -2.46. The van der Waals surface area contributed by atoms with E-state index in [0.29, 0.717) is 44.1 Å². The zero-order chi connectivity index (χ0) is 44.3. The molecule has 0 aliphatic rings. The minimum atomic E-state index is -3.36. The maximum Gasteiger partial charge on any atom is 0.469 e. The van der Waals surface area contributed by atoms with Crippen LogP contribution in [0.5, 0.6) is 0 Å². The quantitative estimate of drug-likeness (QED) is 0.0428. The van der Waals surface area contributed by atoms with Gasteiger partial charge in [0, 0.05) is 24.2 Å². The van der Waals surface area contributed by atoms with E-state index < -0.39 is 84.1 Å². The van der Waals surface area contributed by atoms with Crippen molar-refractivity contribution in [3.8, 4) is 0 Å². The van der Waals surface area contributed by atoms with Crippen LogP contribution in [0.1, 0.15) is 13.3 Å². The summed E-state index contributed by atoms with van der Waals surface area (Å²) in [5.74, 6) is -0.126. The topological polar surface area (TPSA) is 103 Å². The summed E-state index contributed by atoms with van der Waals surface area (Å²) in [5.41, 5.74) is 0.505. The summed E-state index contributed by atoms with van der Waals surface area (Å²) < 4.78 is 56.7. The van der Waals surface area contributed by atoms with Gasteiger partial charge in [-0.25, -0.2) is 0 Å². The molecule has 0 fully saturated rings. The molecule has 0 spiro atoms. The second-order valence-corrected chi connectivity index (χ2v) is 67.0. The first-order valence-corrected chi connectivity index (χ1v) is 53.1. The Kier molecular flexibility index (Phi) is 23.3. The molecule has 10 nitrogen and oxygen atoms in total. The van der Waals surface area contributed by atoms with E-state index in [2.05, 4.69) is 149 Å². The molecule has 0 aromatic carbocycles. The van der Waals surface area contributed by atoms with Crippen molar-refractivity contribution in [1.82, 2.24) is 5.32 Å². The summed E-state index contributed by atoms with van der Waals surface area (Å²) in [4.78, 5) is 12.6. The van der Waals surface area contributed by atoms with Gasteiger partial charge < -0.3 is 38.2 Å². The lowest BCUT2D eigenvalue weighted by Crippen LogP contribution is -2.63. The molecule has 330 valence electrons. The van der Waals surface area contributed by atoms with Crippen molar-refractivity contribution in [2.24, 2.45) is 0 Å². The normalized spacial score (nSPS) is 14.7. The largest absolute Gasteiger partial charge is 0.469 e. The molecule has 0 saturated heterocycles. The van der Waals surface area contributed by atoms with Gasteiger partial charge >= 0.3 is 17.6 Å². The van der Waals surface area contributed by atoms with E-state index in [0.717, 1.165) is 36.3 Å². The minimum absolute atomic E-state index is 0.126. The van der Waals surface area contributed by atoms with Crippen LogP contribution in [0.4, 0.5) is 0 Å². The summed E-state index contributed by atoms with van der Waals surface area (Å²) in [7, 11) is -22.1. The fourth-order valence-electron chi connectivity index (χ4n) is 5.60. The van der Waals surface area contributed by atoms with Gasteiger partial charge in [-0.3, -0.25) is 4.79 Å². The van der Waals surface area contributed by atoms with Gasteiger partial charge in [0.15, 0.2) is 66.5 Å². The zero-order valence-corrected chi connectivity index (χ0v) is 52.2. The molecule has 0 aromatic heterocycles. The highest BCUT2D eigenvalue weighted by atomic mass is 28.5. The number of hydrogen-bond donors (Lipinski definition) is 1. The molecule has 0 atom stereocenters. The van der Waals surface area contributed by atoms with Crippen molar-refractivity contribution in [1.29, 1.82) is 0 Å². The first-order valence-electron chi connectivity index (χ1n) is 20.7. The Morgan fingerprint density at radius 2 is 0.786 bits per heavy atom. The molecule has 0 saturated carbocycles. The van der Waals surface area contributed by atoms with Gasteiger partial charge in [-0.2, -0.15) is 0 Å². The maximum absolute atomic E-state index is 12.6. The van der Waals surface area contributed by atoms with Crippen molar-refractivity contribution in [2.45, 2.75) is 193 Å². The van der Waals surface area contributed by atoms with Crippen LogP contribution in [0.15, 0.2) is 12.2 Å². The number of carbonyl (C=O) groups is 1. The van der Waals surface area contributed by atoms with Crippen molar-refractivity contribution in [3.05, 3.63) is 12.2 Å². The van der Waals surface area contributed by atoms with Crippen LogP contribution in [0, 0.1) is 0 Å². The summed E-state index contributed by atoms with van der Waals surface area (Å²) >= 11 is 0. The molecule has 0 unspecified atom stereocenters. The van der Waals surface area contributed by atoms with E-state index in [1.807, 2.05) is 0 Å².